The van der Waals surface area contributed by atoms with Crippen molar-refractivity contribution in [1.82, 2.24) is 0 Å². The van der Waals surface area contributed by atoms with Crippen LogP contribution in [0, 0.1) is 5.92 Å². The first kappa shape index (κ1) is 17.7. The van der Waals surface area contributed by atoms with Crippen molar-refractivity contribution in [3.05, 3.63) is 11.6 Å². The minimum atomic E-state index is -0.149. The van der Waals surface area contributed by atoms with Gasteiger partial charge in [0, 0.05) is 13.2 Å². The van der Waals surface area contributed by atoms with E-state index in [1.807, 2.05) is 0 Å². The smallest absolute Gasteiger partial charge is 0.177 e. The Morgan fingerprint density at radius 1 is 1.06 bits per heavy atom. The lowest BCUT2D eigenvalue weighted by atomic mass is 10.0. The van der Waals surface area contributed by atoms with Crippen molar-refractivity contribution in [2.75, 3.05) is 13.2 Å². The van der Waals surface area contributed by atoms with E-state index in [2.05, 4.69) is 40.7 Å². The fourth-order valence-electron chi connectivity index (χ4n) is 1.72. The normalized spacial score (nSPS) is 12.7. The molecular formula is C16H32O2. The van der Waals surface area contributed by atoms with Gasteiger partial charge in [0.1, 0.15) is 0 Å². The average molecular weight is 256 g/mol. The van der Waals surface area contributed by atoms with Crippen LogP contribution in [0.1, 0.15) is 66.7 Å². The minimum Gasteiger partial charge on any atom is -0.349 e. The third kappa shape index (κ3) is 10.8. The molecule has 0 saturated heterocycles. The molecule has 0 fully saturated rings. The molecule has 0 N–H and O–H groups in total. The first-order valence-corrected chi connectivity index (χ1v) is 7.50. The Balaban J connectivity index is 4.05. The van der Waals surface area contributed by atoms with Gasteiger partial charge < -0.3 is 9.47 Å². The molecule has 0 rings (SSSR count). The summed E-state index contributed by atoms with van der Waals surface area (Å²) in [7, 11) is 0. The molecule has 0 atom stereocenters. The highest BCUT2D eigenvalue weighted by molar-refractivity contribution is 5.00. The van der Waals surface area contributed by atoms with Crippen LogP contribution in [-0.2, 0) is 9.47 Å². The Labute approximate surface area is 114 Å². The van der Waals surface area contributed by atoms with Crippen LogP contribution in [0.3, 0.4) is 0 Å². The third-order valence-corrected chi connectivity index (χ3v) is 2.75. The molecule has 0 aliphatic heterocycles. The summed E-state index contributed by atoms with van der Waals surface area (Å²) in [5.41, 5.74) is 1.38. The molecule has 0 bridgehead atoms. The lowest BCUT2D eigenvalue weighted by Crippen LogP contribution is -2.16. The van der Waals surface area contributed by atoms with Crippen molar-refractivity contribution < 1.29 is 9.47 Å². The second kappa shape index (κ2) is 11.7. The second-order valence-corrected chi connectivity index (χ2v) is 5.41. The van der Waals surface area contributed by atoms with Gasteiger partial charge in [0.25, 0.3) is 0 Å². The molecule has 108 valence electrons. The molecule has 2 heteroatoms. The van der Waals surface area contributed by atoms with Crippen molar-refractivity contribution in [3.63, 3.8) is 0 Å². The fourth-order valence-corrected chi connectivity index (χ4v) is 1.72. The zero-order valence-electron chi connectivity index (χ0n) is 13.0. The summed E-state index contributed by atoms with van der Waals surface area (Å²) in [5.74, 6) is 0.793. The highest BCUT2D eigenvalue weighted by Gasteiger charge is 2.06. The van der Waals surface area contributed by atoms with E-state index >= 15 is 0 Å². The van der Waals surface area contributed by atoms with Crippen LogP contribution < -0.4 is 0 Å². The maximum Gasteiger partial charge on any atom is 0.177 e. The van der Waals surface area contributed by atoms with Crippen molar-refractivity contribution in [1.29, 1.82) is 0 Å². The Morgan fingerprint density at radius 2 is 1.61 bits per heavy atom. The average Bonchev–Trinajstić information content (AvgIpc) is 2.32. The molecule has 0 saturated carbocycles. The van der Waals surface area contributed by atoms with E-state index in [1.165, 1.54) is 18.4 Å². The van der Waals surface area contributed by atoms with Gasteiger partial charge in [0.05, 0.1) is 0 Å². The molecule has 0 aromatic rings. The van der Waals surface area contributed by atoms with Gasteiger partial charge in [-0.25, -0.2) is 0 Å². The third-order valence-electron chi connectivity index (χ3n) is 2.75. The van der Waals surface area contributed by atoms with Crippen LogP contribution in [0.15, 0.2) is 11.6 Å². The van der Waals surface area contributed by atoms with E-state index in [1.54, 1.807) is 0 Å². The van der Waals surface area contributed by atoms with E-state index in [4.69, 9.17) is 9.47 Å². The van der Waals surface area contributed by atoms with Crippen LogP contribution in [0.5, 0.6) is 0 Å². The number of allylic oxidation sites excluding steroid dienone is 1. The molecule has 18 heavy (non-hydrogen) atoms. The van der Waals surface area contributed by atoms with Crippen molar-refractivity contribution >= 4 is 0 Å². The predicted molar refractivity (Wildman–Crippen MR) is 78.7 cm³/mol. The lowest BCUT2D eigenvalue weighted by Gasteiger charge is -2.16. The monoisotopic (exact) mass is 256 g/mol. The fraction of sp³-hybridized carbons (Fsp3) is 0.875. The molecular weight excluding hydrogens is 224 g/mol. The van der Waals surface area contributed by atoms with Crippen molar-refractivity contribution in [3.8, 4) is 0 Å². The van der Waals surface area contributed by atoms with Gasteiger partial charge in [-0.05, 0) is 44.6 Å². The highest BCUT2D eigenvalue weighted by atomic mass is 16.7. The maximum atomic E-state index is 5.69. The Kier molecular flexibility index (Phi) is 11.5. The van der Waals surface area contributed by atoms with E-state index in [0.29, 0.717) is 0 Å². The summed E-state index contributed by atoms with van der Waals surface area (Å²) in [6.07, 6.45) is 7.77. The molecule has 0 aromatic carbocycles. The molecule has 0 amide bonds. The second-order valence-electron chi connectivity index (χ2n) is 5.41. The van der Waals surface area contributed by atoms with Crippen LogP contribution in [-0.4, -0.2) is 19.5 Å². The molecule has 0 aliphatic carbocycles. The molecule has 0 heterocycles. The zero-order chi connectivity index (χ0) is 13.8. The maximum absolute atomic E-state index is 5.69. The topological polar surface area (TPSA) is 18.5 Å². The quantitative estimate of drug-likeness (QED) is 0.385. The van der Waals surface area contributed by atoms with Crippen LogP contribution >= 0.6 is 0 Å². The molecule has 0 spiro atoms. The van der Waals surface area contributed by atoms with Crippen molar-refractivity contribution in [2.24, 2.45) is 5.92 Å². The summed E-state index contributed by atoms with van der Waals surface area (Å²) in [6.45, 7) is 12.5. The SMILES string of the molecule is CCCOC(C=C(C)CCCC(C)C)OCCC. The van der Waals surface area contributed by atoms with Crippen LogP contribution in [0.25, 0.3) is 0 Å². The molecule has 0 aromatic heterocycles. The van der Waals surface area contributed by atoms with Gasteiger partial charge in [-0.1, -0.05) is 39.7 Å². The summed E-state index contributed by atoms with van der Waals surface area (Å²) in [5, 5.41) is 0. The first-order chi connectivity index (χ1) is 8.60. The van der Waals surface area contributed by atoms with Gasteiger partial charge in [0.2, 0.25) is 0 Å². The molecule has 0 aliphatic rings. The largest absolute Gasteiger partial charge is 0.349 e. The standard InChI is InChI=1S/C16H32O2/c1-6-11-17-16(18-12-7-2)13-15(5)10-8-9-14(3)4/h13-14,16H,6-12H2,1-5H3. The van der Waals surface area contributed by atoms with Crippen molar-refractivity contribution in [2.45, 2.75) is 73.0 Å². The van der Waals surface area contributed by atoms with Crippen LogP contribution in [0.2, 0.25) is 0 Å². The molecule has 0 radical (unpaired) electrons. The number of hydrogen-bond donors (Lipinski definition) is 0. The van der Waals surface area contributed by atoms with Gasteiger partial charge in [-0.3, -0.25) is 0 Å². The number of ether oxygens (including phenoxy) is 2. The summed E-state index contributed by atoms with van der Waals surface area (Å²) in [6, 6.07) is 0. The van der Waals surface area contributed by atoms with Gasteiger partial charge >= 0.3 is 0 Å². The van der Waals surface area contributed by atoms with E-state index in [9.17, 15) is 0 Å². The summed E-state index contributed by atoms with van der Waals surface area (Å²) >= 11 is 0. The first-order valence-electron chi connectivity index (χ1n) is 7.50. The van der Waals surface area contributed by atoms with Gasteiger partial charge in [0.15, 0.2) is 6.29 Å². The predicted octanol–water partition coefficient (Wildman–Crippen LogP) is 4.94. The lowest BCUT2D eigenvalue weighted by molar-refractivity contribution is -0.111. The minimum absolute atomic E-state index is 0.149. The van der Waals surface area contributed by atoms with E-state index in [-0.39, 0.29) is 6.29 Å². The van der Waals surface area contributed by atoms with Gasteiger partial charge in [-0.15, -0.1) is 0 Å². The van der Waals surface area contributed by atoms with Crippen LogP contribution in [0.4, 0.5) is 0 Å². The molecule has 0 unspecified atom stereocenters. The Morgan fingerprint density at radius 3 is 2.06 bits per heavy atom. The zero-order valence-corrected chi connectivity index (χ0v) is 13.0. The summed E-state index contributed by atoms with van der Waals surface area (Å²) in [4.78, 5) is 0. The van der Waals surface area contributed by atoms with E-state index in [0.717, 1.165) is 38.4 Å². The van der Waals surface area contributed by atoms with Gasteiger partial charge in [-0.2, -0.15) is 0 Å². The number of hydrogen-bond acceptors (Lipinski definition) is 2. The Bertz CT molecular complexity index is 201. The number of rotatable bonds is 11. The highest BCUT2D eigenvalue weighted by Crippen LogP contribution is 2.13. The molecule has 2 nitrogen and oxygen atoms in total. The Hall–Kier alpha value is -0.340. The van der Waals surface area contributed by atoms with E-state index < -0.39 is 0 Å². The summed E-state index contributed by atoms with van der Waals surface area (Å²) < 4.78 is 11.4.